The summed E-state index contributed by atoms with van der Waals surface area (Å²) in [6.45, 7) is 2.59. The lowest BCUT2D eigenvalue weighted by atomic mass is 10.3. The van der Waals surface area contributed by atoms with Gasteiger partial charge in [0.05, 0.1) is 12.2 Å². The smallest absolute Gasteiger partial charge is 0.225 e. The van der Waals surface area contributed by atoms with E-state index in [2.05, 4.69) is 4.98 Å². The molecule has 1 aromatic heterocycles. The SMILES string of the molecule is Cc1cccc(CN(C)C(=O)C2CC2)n1. The molecule has 1 fully saturated rings. The van der Waals surface area contributed by atoms with Crippen molar-refractivity contribution < 1.29 is 4.79 Å². The van der Waals surface area contributed by atoms with Gasteiger partial charge in [-0.25, -0.2) is 0 Å². The molecule has 1 aliphatic carbocycles. The number of rotatable bonds is 3. The second-order valence-electron chi connectivity index (χ2n) is 4.24. The minimum Gasteiger partial charge on any atom is -0.340 e. The fourth-order valence-electron chi connectivity index (χ4n) is 1.65. The standard InChI is InChI=1S/C12H16N2O/c1-9-4-3-5-11(13-9)8-14(2)12(15)10-6-7-10/h3-5,10H,6-8H2,1-2H3. The van der Waals surface area contributed by atoms with Gasteiger partial charge in [-0.1, -0.05) is 6.07 Å². The molecule has 1 aromatic rings. The van der Waals surface area contributed by atoms with Crippen LogP contribution in [0.15, 0.2) is 18.2 Å². The highest BCUT2D eigenvalue weighted by Gasteiger charge is 2.31. The summed E-state index contributed by atoms with van der Waals surface area (Å²) < 4.78 is 0. The monoisotopic (exact) mass is 204 g/mol. The Kier molecular flexibility index (Phi) is 2.71. The van der Waals surface area contributed by atoms with Crippen LogP contribution in [0, 0.1) is 12.8 Å². The van der Waals surface area contributed by atoms with Gasteiger partial charge < -0.3 is 4.90 Å². The zero-order valence-electron chi connectivity index (χ0n) is 9.23. The van der Waals surface area contributed by atoms with Gasteiger partial charge >= 0.3 is 0 Å². The number of amides is 1. The molecule has 1 amide bonds. The third-order valence-corrected chi connectivity index (χ3v) is 2.65. The number of aromatic nitrogens is 1. The summed E-state index contributed by atoms with van der Waals surface area (Å²) in [6, 6.07) is 5.91. The number of hydrogen-bond acceptors (Lipinski definition) is 2. The van der Waals surface area contributed by atoms with Crippen molar-refractivity contribution in [3.05, 3.63) is 29.6 Å². The normalized spacial score (nSPS) is 15.1. The van der Waals surface area contributed by atoms with E-state index in [4.69, 9.17) is 0 Å². The Balaban J connectivity index is 1.98. The fraction of sp³-hybridized carbons (Fsp3) is 0.500. The minimum atomic E-state index is 0.262. The van der Waals surface area contributed by atoms with Crippen molar-refractivity contribution >= 4 is 5.91 Å². The molecule has 0 spiro atoms. The number of pyridine rings is 1. The molecule has 0 bridgehead atoms. The van der Waals surface area contributed by atoms with E-state index in [9.17, 15) is 4.79 Å². The molecule has 3 nitrogen and oxygen atoms in total. The maximum atomic E-state index is 11.7. The molecule has 80 valence electrons. The molecule has 1 aliphatic rings. The van der Waals surface area contributed by atoms with E-state index in [0.717, 1.165) is 24.2 Å². The third-order valence-electron chi connectivity index (χ3n) is 2.65. The van der Waals surface area contributed by atoms with Crippen molar-refractivity contribution in [3.63, 3.8) is 0 Å². The van der Waals surface area contributed by atoms with Crippen LogP contribution >= 0.6 is 0 Å². The Labute approximate surface area is 90.1 Å². The molecule has 0 aliphatic heterocycles. The number of aryl methyl sites for hydroxylation is 1. The average molecular weight is 204 g/mol. The zero-order valence-corrected chi connectivity index (χ0v) is 9.23. The van der Waals surface area contributed by atoms with Gasteiger partial charge in [0.25, 0.3) is 0 Å². The highest BCUT2D eigenvalue weighted by molar-refractivity contribution is 5.80. The second kappa shape index (κ2) is 4.01. The predicted molar refractivity (Wildman–Crippen MR) is 58.2 cm³/mol. The van der Waals surface area contributed by atoms with Crippen LogP contribution in [0.3, 0.4) is 0 Å². The predicted octanol–water partition coefficient (Wildman–Crippen LogP) is 1.76. The fourth-order valence-corrected chi connectivity index (χ4v) is 1.65. The van der Waals surface area contributed by atoms with Crippen molar-refractivity contribution in [2.45, 2.75) is 26.3 Å². The van der Waals surface area contributed by atoms with Gasteiger partial charge in [-0.15, -0.1) is 0 Å². The first-order valence-corrected chi connectivity index (χ1v) is 5.34. The molecule has 0 aromatic carbocycles. The van der Waals surface area contributed by atoms with E-state index < -0.39 is 0 Å². The van der Waals surface area contributed by atoms with E-state index in [-0.39, 0.29) is 5.91 Å². The molecule has 3 heteroatoms. The summed E-state index contributed by atoms with van der Waals surface area (Å²) in [6.07, 6.45) is 2.12. The lowest BCUT2D eigenvalue weighted by Crippen LogP contribution is -2.27. The maximum absolute atomic E-state index is 11.7. The van der Waals surface area contributed by atoms with E-state index in [1.807, 2.05) is 32.2 Å². The van der Waals surface area contributed by atoms with E-state index in [1.54, 1.807) is 4.90 Å². The average Bonchev–Trinajstić information content (AvgIpc) is 2.99. The first-order chi connectivity index (χ1) is 7.16. The lowest BCUT2D eigenvalue weighted by molar-refractivity contribution is -0.131. The Morgan fingerprint density at radius 2 is 2.27 bits per heavy atom. The molecule has 0 unspecified atom stereocenters. The van der Waals surface area contributed by atoms with Gasteiger partial charge in [-0.2, -0.15) is 0 Å². The molecule has 0 N–H and O–H groups in total. The van der Waals surface area contributed by atoms with Gasteiger partial charge in [-0.05, 0) is 31.9 Å². The van der Waals surface area contributed by atoms with Crippen LogP contribution in [0.4, 0.5) is 0 Å². The largest absolute Gasteiger partial charge is 0.340 e. The maximum Gasteiger partial charge on any atom is 0.225 e. The van der Waals surface area contributed by atoms with Crippen LogP contribution in [0.25, 0.3) is 0 Å². The summed E-state index contributed by atoms with van der Waals surface area (Å²) in [7, 11) is 1.85. The summed E-state index contributed by atoms with van der Waals surface area (Å²) in [5.41, 5.74) is 1.96. The summed E-state index contributed by atoms with van der Waals surface area (Å²) >= 11 is 0. The summed E-state index contributed by atoms with van der Waals surface area (Å²) in [5.74, 6) is 0.554. The van der Waals surface area contributed by atoms with E-state index >= 15 is 0 Å². The molecule has 0 atom stereocenters. The van der Waals surface area contributed by atoms with Crippen LogP contribution in [0.2, 0.25) is 0 Å². The van der Waals surface area contributed by atoms with Crippen LogP contribution in [-0.2, 0) is 11.3 Å². The lowest BCUT2D eigenvalue weighted by Gasteiger charge is -2.16. The third kappa shape index (κ3) is 2.55. The molecule has 1 heterocycles. The van der Waals surface area contributed by atoms with Crippen LogP contribution < -0.4 is 0 Å². The first kappa shape index (κ1) is 10.1. The van der Waals surface area contributed by atoms with Crippen molar-refractivity contribution in [1.29, 1.82) is 0 Å². The highest BCUT2D eigenvalue weighted by atomic mass is 16.2. The zero-order chi connectivity index (χ0) is 10.8. The molecule has 2 rings (SSSR count). The second-order valence-corrected chi connectivity index (χ2v) is 4.24. The Bertz CT molecular complexity index is 372. The van der Waals surface area contributed by atoms with E-state index in [1.165, 1.54) is 0 Å². The Hall–Kier alpha value is -1.38. The molecule has 0 saturated heterocycles. The number of nitrogens with zero attached hydrogens (tertiary/aromatic N) is 2. The number of carbonyl (C=O) groups excluding carboxylic acids is 1. The van der Waals surface area contributed by atoms with Gasteiger partial charge in [0.1, 0.15) is 0 Å². The number of carbonyl (C=O) groups is 1. The van der Waals surface area contributed by atoms with Crippen LogP contribution in [0.5, 0.6) is 0 Å². The molecular formula is C12H16N2O. The Morgan fingerprint density at radius 3 is 2.87 bits per heavy atom. The van der Waals surface area contributed by atoms with Crippen LogP contribution in [-0.4, -0.2) is 22.8 Å². The number of hydrogen-bond donors (Lipinski definition) is 0. The topological polar surface area (TPSA) is 33.2 Å². The van der Waals surface area contributed by atoms with Crippen molar-refractivity contribution in [1.82, 2.24) is 9.88 Å². The van der Waals surface area contributed by atoms with Crippen molar-refractivity contribution in [2.75, 3.05) is 7.05 Å². The van der Waals surface area contributed by atoms with E-state index in [0.29, 0.717) is 12.5 Å². The molecule has 1 saturated carbocycles. The Morgan fingerprint density at radius 1 is 1.53 bits per heavy atom. The van der Waals surface area contributed by atoms with Gasteiger partial charge in [-0.3, -0.25) is 9.78 Å². The van der Waals surface area contributed by atoms with Crippen molar-refractivity contribution in [3.8, 4) is 0 Å². The molecule has 15 heavy (non-hydrogen) atoms. The molecule has 0 radical (unpaired) electrons. The van der Waals surface area contributed by atoms with Crippen molar-refractivity contribution in [2.24, 2.45) is 5.92 Å². The molecular weight excluding hydrogens is 188 g/mol. The van der Waals surface area contributed by atoms with Gasteiger partial charge in [0, 0.05) is 18.7 Å². The van der Waals surface area contributed by atoms with Gasteiger partial charge in [0.15, 0.2) is 0 Å². The summed E-state index contributed by atoms with van der Waals surface area (Å²) in [4.78, 5) is 17.9. The van der Waals surface area contributed by atoms with Crippen LogP contribution in [0.1, 0.15) is 24.2 Å². The minimum absolute atomic E-state index is 0.262. The van der Waals surface area contributed by atoms with Gasteiger partial charge in [0.2, 0.25) is 5.91 Å². The quantitative estimate of drug-likeness (QED) is 0.751. The summed E-state index contributed by atoms with van der Waals surface area (Å²) in [5, 5.41) is 0. The first-order valence-electron chi connectivity index (χ1n) is 5.34. The highest BCUT2D eigenvalue weighted by Crippen LogP contribution is 2.30.